The molecular formula is C19H22N2O3. The molecule has 0 aliphatic heterocycles. The largest absolute Gasteiger partial charge is 0.388 e. The quantitative estimate of drug-likeness (QED) is 0.483. The molecule has 126 valence electrons. The van der Waals surface area contributed by atoms with Gasteiger partial charge in [0.05, 0.1) is 4.92 Å². The molecule has 5 heteroatoms. The molecule has 24 heavy (non-hydrogen) atoms. The van der Waals surface area contributed by atoms with Crippen LogP contribution < -0.4 is 5.32 Å². The normalized spacial score (nSPS) is 11.3. The Morgan fingerprint density at radius 2 is 1.88 bits per heavy atom. The third-order valence-corrected chi connectivity index (χ3v) is 3.24. The Balaban J connectivity index is 0.000000505. The number of allylic oxidation sites excluding steroid dienone is 3. The molecule has 0 saturated carbocycles. The lowest BCUT2D eigenvalue weighted by Gasteiger charge is -2.12. The molecule has 0 aromatic heterocycles. The molecule has 1 unspecified atom stereocenters. The fourth-order valence-corrected chi connectivity index (χ4v) is 1.97. The van der Waals surface area contributed by atoms with Crippen LogP contribution in [0.1, 0.15) is 24.2 Å². The van der Waals surface area contributed by atoms with Gasteiger partial charge in [0.2, 0.25) is 0 Å². The first kappa shape index (κ1) is 19.1. The second-order valence-corrected chi connectivity index (χ2v) is 4.89. The number of nitro benzene ring substituents is 1. The highest BCUT2D eigenvalue weighted by Crippen LogP contribution is 2.25. The molecule has 0 bridgehead atoms. The van der Waals surface area contributed by atoms with E-state index in [1.54, 1.807) is 25.3 Å². The van der Waals surface area contributed by atoms with Crippen LogP contribution in [0.2, 0.25) is 0 Å². The van der Waals surface area contributed by atoms with Crippen molar-refractivity contribution in [1.29, 1.82) is 0 Å². The van der Waals surface area contributed by atoms with Gasteiger partial charge in [0.15, 0.2) is 0 Å². The van der Waals surface area contributed by atoms with Gasteiger partial charge in [-0.15, -0.1) is 0 Å². The summed E-state index contributed by atoms with van der Waals surface area (Å²) in [5.41, 5.74) is 2.28. The summed E-state index contributed by atoms with van der Waals surface area (Å²) in [4.78, 5) is 10.1. The van der Waals surface area contributed by atoms with Crippen molar-refractivity contribution in [2.24, 2.45) is 0 Å². The topological polar surface area (TPSA) is 75.4 Å². The lowest BCUT2D eigenvalue weighted by Crippen LogP contribution is -2.01. The van der Waals surface area contributed by atoms with Crippen LogP contribution >= 0.6 is 0 Å². The highest BCUT2D eigenvalue weighted by molar-refractivity contribution is 5.47. The van der Waals surface area contributed by atoms with E-state index in [2.05, 4.69) is 11.9 Å². The number of aliphatic hydroxyl groups is 1. The van der Waals surface area contributed by atoms with Gasteiger partial charge in [-0.05, 0) is 42.3 Å². The average molecular weight is 326 g/mol. The first-order chi connectivity index (χ1) is 11.5. The van der Waals surface area contributed by atoms with E-state index in [-0.39, 0.29) is 5.69 Å². The zero-order chi connectivity index (χ0) is 17.9. The van der Waals surface area contributed by atoms with E-state index in [4.69, 9.17) is 0 Å². The van der Waals surface area contributed by atoms with Crippen molar-refractivity contribution in [3.63, 3.8) is 0 Å². The minimum atomic E-state index is -0.797. The van der Waals surface area contributed by atoms with E-state index in [1.165, 1.54) is 12.1 Å². The molecule has 0 fully saturated rings. The van der Waals surface area contributed by atoms with Crippen molar-refractivity contribution in [3.8, 4) is 0 Å². The zero-order valence-electron chi connectivity index (χ0n) is 13.8. The zero-order valence-corrected chi connectivity index (χ0v) is 13.8. The number of hydrogen-bond donors (Lipinski definition) is 2. The van der Waals surface area contributed by atoms with Crippen LogP contribution in [-0.2, 0) is 0 Å². The minimum absolute atomic E-state index is 0.0138. The number of aliphatic hydroxyl groups excluding tert-OH is 1. The van der Waals surface area contributed by atoms with Gasteiger partial charge in [-0.25, -0.2) is 0 Å². The second kappa shape index (κ2) is 9.97. The molecule has 0 saturated heterocycles. The number of nitro groups is 1. The van der Waals surface area contributed by atoms with Gasteiger partial charge in [0.25, 0.3) is 5.69 Å². The molecule has 2 rings (SSSR count). The van der Waals surface area contributed by atoms with E-state index >= 15 is 0 Å². The molecule has 2 aromatic rings. The van der Waals surface area contributed by atoms with Gasteiger partial charge in [-0.1, -0.05) is 36.9 Å². The Morgan fingerprint density at radius 1 is 1.21 bits per heavy atom. The Kier molecular flexibility index (Phi) is 7.94. The first-order valence-electron chi connectivity index (χ1n) is 7.47. The van der Waals surface area contributed by atoms with Crippen LogP contribution in [-0.4, -0.2) is 17.1 Å². The van der Waals surface area contributed by atoms with Gasteiger partial charge < -0.3 is 10.4 Å². The van der Waals surface area contributed by atoms with E-state index in [1.807, 2.05) is 43.3 Å². The van der Waals surface area contributed by atoms with Crippen LogP contribution in [0.3, 0.4) is 0 Å². The highest BCUT2D eigenvalue weighted by atomic mass is 16.6. The molecule has 2 aromatic carbocycles. The van der Waals surface area contributed by atoms with E-state index < -0.39 is 11.0 Å². The Hall–Kier alpha value is -2.92. The lowest BCUT2D eigenvalue weighted by molar-refractivity contribution is -0.384. The molecule has 1 atom stereocenters. The van der Waals surface area contributed by atoms with Crippen molar-refractivity contribution >= 4 is 11.4 Å². The number of rotatable bonds is 5. The molecule has 0 spiro atoms. The molecule has 0 heterocycles. The van der Waals surface area contributed by atoms with Gasteiger partial charge in [0, 0.05) is 24.9 Å². The second-order valence-electron chi connectivity index (χ2n) is 4.89. The van der Waals surface area contributed by atoms with Crippen LogP contribution in [0.25, 0.3) is 0 Å². The summed E-state index contributed by atoms with van der Waals surface area (Å²) in [7, 11) is 1.80. The Labute approximate surface area is 142 Å². The SMILES string of the molecule is C=C/C=C\C.CNc1cccc(C(O)c2ccc([N+](=O)[O-])cc2)c1. The predicted octanol–water partition coefficient (Wildman–Crippen LogP) is 4.47. The van der Waals surface area contributed by atoms with Crippen LogP contribution in [0.4, 0.5) is 11.4 Å². The maximum absolute atomic E-state index is 10.6. The summed E-state index contributed by atoms with van der Waals surface area (Å²) in [6, 6.07) is 13.3. The van der Waals surface area contributed by atoms with E-state index in [0.717, 1.165) is 11.3 Å². The number of anilines is 1. The fourth-order valence-electron chi connectivity index (χ4n) is 1.97. The lowest BCUT2D eigenvalue weighted by atomic mass is 10.0. The summed E-state index contributed by atoms with van der Waals surface area (Å²) in [6.07, 6.45) is 4.78. The Bertz CT molecular complexity index is 694. The molecule has 0 aliphatic carbocycles. The standard InChI is InChI=1S/C14H14N2O3.C5H8/c1-15-12-4-2-3-11(9-12)14(17)10-5-7-13(8-6-10)16(18)19;1-3-5-4-2/h2-9,14-15,17H,1H3;3-5H,1H2,2H3/b;5-4-. The van der Waals surface area contributed by atoms with Crippen molar-refractivity contribution in [2.45, 2.75) is 13.0 Å². The monoisotopic (exact) mass is 326 g/mol. The summed E-state index contributed by atoms with van der Waals surface area (Å²) >= 11 is 0. The van der Waals surface area contributed by atoms with Crippen LogP contribution in [0.5, 0.6) is 0 Å². The predicted molar refractivity (Wildman–Crippen MR) is 98.2 cm³/mol. The molecule has 5 nitrogen and oxygen atoms in total. The van der Waals surface area contributed by atoms with Crippen molar-refractivity contribution < 1.29 is 10.0 Å². The molecular weight excluding hydrogens is 304 g/mol. The van der Waals surface area contributed by atoms with Gasteiger partial charge in [-0.2, -0.15) is 0 Å². The summed E-state index contributed by atoms with van der Waals surface area (Å²) < 4.78 is 0. The molecule has 0 aliphatic rings. The van der Waals surface area contributed by atoms with Crippen LogP contribution in [0.15, 0.2) is 73.3 Å². The van der Waals surface area contributed by atoms with Gasteiger partial charge in [0.1, 0.15) is 6.10 Å². The fraction of sp³-hybridized carbons (Fsp3) is 0.158. The first-order valence-corrected chi connectivity index (χ1v) is 7.47. The third kappa shape index (κ3) is 5.70. The summed E-state index contributed by atoms with van der Waals surface area (Å²) in [5.74, 6) is 0. The average Bonchev–Trinajstić information content (AvgIpc) is 2.62. The maximum Gasteiger partial charge on any atom is 0.269 e. The minimum Gasteiger partial charge on any atom is -0.388 e. The molecule has 2 N–H and O–H groups in total. The molecule has 0 amide bonds. The van der Waals surface area contributed by atoms with Gasteiger partial charge >= 0.3 is 0 Å². The summed E-state index contributed by atoms with van der Waals surface area (Å²) in [6.45, 7) is 5.42. The maximum atomic E-state index is 10.6. The number of nitrogens with one attached hydrogen (secondary N) is 1. The number of nitrogens with zero attached hydrogens (tertiary/aromatic N) is 1. The summed E-state index contributed by atoms with van der Waals surface area (Å²) in [5, 5.41) is 23.8. The third-order valence-electron chi connectivity index (χ3n) is 3.24. The number of hydrogen-bond acceptors (Lipinski definition) is 4. The van der Waals surface area contributed by atoms with E-state index in [9.17, 15) is 15.2 Å². The van der Waals surface area contributed by atoms with Crippen molar-refractivity contribution in [2.75, 3.05) is 12.4 Å². The smallest absolute Gasteiger partial charge is 0.269 e. The van der Waals surface area contributed by atoms with E-state index in [0.29, 0.717) is 5.56 Å². The van der Waals surface area contributed by atoms with Gasteiger partial charge in [-0.3, -0.25) is 10.1 Å². The number of benzene rings is 2. The molecule has 0 radical (unpaired) electrons. The number of non-ortho nitro benzene ring substituents is 1. The highest BCUT2D eigenvalue weighted by Gasteiger charge is 2.12. The Morgan fingerprint density at radius 3 is 2.33 bits per heavy atom. The van der Waals surface area contributed by atoms with Crippen LogP contribution in [0, 0.1) is 10.1 Å². The van der Waals surface area contributed by atoms with Crippen molar-refractivity contribution in [1.82, 2.24) is 0 Å². The van der Waals surface area contributed by atoms with Crippen molar-refractivity contribution in [3.05, 3.63) is 94.6 Å².